The molecule has 0 heterocycles. The first-order valence-electron chi connectivity index (χ1n) is 7.52. The molecule has 0 aliphatic heterocycles. The zero-order valence-electron chi connectivity index (χ0n) is 12.2. The maximum Gasteiger partial charge on any atom is 0.281 e. The molecule has 3 unspecified atom stereocenters. The molecule has 0 saturated heterocycles. The van der Waals surface area contributed by atoms with Crippen molar-refractivity contribution in [3.63, 3.8) is 0 Å². The third kappa shape index (κ3) is 4.05. The summed E-state index contributed by atoms with van der Waals surface area (Å²) in [6.07, 6.45) is 6.24. The Hall–Kier alpha value is -0.900. The van der Waals surface area contributed by atoms with Crippen molar-refractivity contribution in [2.75, 3.05) is 6.61 Å². The molecule has 0 amide bonds. The number of hydrogen-bond acceptors (Lipinski definition) is 2. The first kappa shape index (κ1) is 15.5. The van der Waals surface area contributed by atoms with E-state index in [-0.39, 0.29) is 6.42 Å². The molecule has 20 heavy (non-hydrogen) atoms. The second kappa shape index (κ2) is 6.25. The summed E-state index contributed by atoms with van der Waals surface area (Å²) >= 11 is 0. The fourth-order valence-electron chi connectivity index (χ4n) is 2.90. The van der Waals surface area contributed by atoms with E-state index in [9.17, 15) is 13.9 Å². The van der Waals surface area contributed by atoms with Crippen molar-refractivity contribution in [1.29, 1.82) is 0 Å². The Balaban J connectivity index is 1.97. The molecule has 2 rings (SSSR count). The van der Waals surface area contributed by atoms with Gasteiger partial charge in [-0.3, -0.25) is 0 Å². The van der Waals surface area contributed by atoms with Crippen LogP contribution in [0.1, 0.15) is 46.0 Å². The van der Waals surface area contributed by atoms with Gasteiger partial charge in [-0.05, 0) is 43.3 Å². The zero-order valence-corrected chi connectivity index (χ0v) is 12.2. The second-order valence-corrected chi connectivity index (χ2v) is 6.01. The Labute approximate surface area is 119 Å². The summed E-state index contributed by atoms with van der Waals surface area (Å²) in [7, 11) is 0. The molecule has 0 radical (unpaired) electrons. The third-order valence-corrected chi connectivity index (χ3v) is 4.14. The molecule has 114 valence electrons. The average molecular weight is 286 g/mol. The number of aliphatic hydroxyl groups excluding tert-OH is 1. The molecule has 0 bridgehead atoms. The predicted octanol–water partition coefficient (Wildman–Crippen LogP) is 4.06. The number of rotatable bonds is 6. The van der Waals surface area contributed by atoms with Gasteiger partial charge in [0.15, 0.2) is 6.61 Å². The summed E-state index contributed by atoms with van der Waals surface area (Å²) in [5.74, 6) is -1.07. The normalized spacial score (nSPS) is 27.6. The van der Waals surface area contributed by atoms with E-state index in [1.165, 1.54) is 0 Å². The van der Waals surface area contributed by atoms with Gasteiger partial charge in [0.2, 0.25) is 0 Å². The first-order valence-corrected chi connectivity index (χ1v) is 7.52. The highest BCUT2D eigenvalue weighted by Gasteiger charge is 2.41. The lowest BCUT2D eigenvalue weighted by atomic mass is 9.99. The molecule has 0 spiro atoms. The molecule has 2 aliphatic carbocycles. The van der Waals surface area contributed by atoms with Crippen molar-refractivity contribution in [1.82, 2.24) is 0 Å². The van der Waals surface area contributed by atoms with Crippen LogP contribution in [-0.4, -0.2) is 23.7 Å². The molecular weight excluding hydrogens is 262 g/mol. The molecule has 1 fully saturated rings. The van der Waals surface area contributed by atoms with E-state index in [4.69, 9.17) is 4.74 Å². The maximum absolute atomic E-state index is 13.4. The van der Waals surface area contributed by atoms with Crippen LogP contribution in [0.4, 0.5) is 8.78 Å². The topological polar surface area (TPSA) is 29.5 Å². The zero-order chi connectivity index (χ0) is 14.8. The Morgan fingerprint density at radius 3 is 2.85 bits per heavy atom. The van der Waals surface area contributed by atoms with E-state index in [1.807, 2.05) is 6.08 Å². The fourth-order valence-corrected chi connectivity index (χ4v) is 2.90. The molecule has 0 aromatic carbocycles. The van der Waals surface area contributed by atoms with Crippen molar-refractivity contribution >= 4 is 0 Å². The number of allylic oxidation sites excluding steroid dienone is 3. The molecule has 0 aromatic heterocycles. The molecule has 3 atom stereocenters. The van der Waals surface area contributed by atoms with E-state index in [1.54, 1.807) is 19.9 Å². The number of fused-ring (bicyclic) bond motifs is 1. The summed E-state index contributed by atoms with van der Waals surface area (Å²) in [5, 5.41) is 9.75. The Bertz CT molecular complexity index is 399. The number of aliphatic hydroxyl groups is 1. The SMILES string of the molecule is CCCC(F)(F)COC1=CC=C(C(C)O)C2CC2CC1. The molecule has 0 aromatic rings. The van der Waals surface area contributed by atoms with Crippen molar-refractivity contribution in [3.05, 3.63) is 23.5 Å². The number of halogens is 2. The first-order chi connectivity index (χ1) is 9.43. The van der Waals surface area contributed by atoms with Crippen LogP contribution in [-0.2, 0) is 4.74 Å². The van der Waals surface area contributed by atoms with Gasteiger partial charge in [0.25, 0.3) is 5.92 Å². The lowest BCUT2D eigenvalue weighted by Gasteiger charge is -2.19. The number of hydrogen-bond donors (Lipinski definition) is 1. The van der Waals surface area contributed by atoms with Gasteiger partial charge >= 0.3 is 0 Å². The minimum absolute atomic E-state index is 0.139. The van der Waals surface area contributed by atoms with Crippen LogP contribution in [0, 0.1) is 11.8 Å². The van der Waals surface area contributed by atoms with Crippen LogP contribution in [0.2, 0.25) is 0 Å². The van der Waals surface area contributed by atoms with Crippen molar-refractivity contribution in [2.45, 2.75) is 58.0 Å². The monoisotopic (exact) mass is 286 g/mol. The highest BCUT2D eigenvalue weighted by molar-refractivity contribution is 5.27. The standard InChI is InChI=1S/C16H24F2O2/c1-3-8-16(17,18)10-20-13-5-4-12-9-15(12)14(7-6-13)11(2)19/h6-7,11-12,15,19H,3-5,8-10H2,1-2H3. The minimum Gasteiger partial charge on any atom is -0.492 e. The highest BCUT2D eigenvalue weighted by atomic mass is 19.3. The van der Waals surface area contributed by atoms with Crippen LogP contribution < -0.4 is 0 Å². The Kier molecular flexibility index (Phi) is 4.84. The Morgan fingerprint density at radius 2 is 2.20 bits per heavy atom. The molecule has 2 aliphatic rings. The van der Waals surface area contributed by atoms with E-state index < -0.39 is 18.6 Å². The van der Waals surface area contributed by atoms with Gasteiger partial charge in [-0.2, -0.15) is 0 Å². The summed E-state index contributed by atoms with van der Waals surface area (Å²) in [4.78, 5) is 0. The van der Waals surface area contributed by atoms with Gasteiger partial charge in [-0.1, -0.05) is 19.4 Å². The van der Waals surface area contributed by atoms with Crippen LogP contribution in [0.3, 0.4) is 0 Å². The molecule has 1 N–H and O–H groups in total. The summed E-state index contributed by atoms with van der Waals surface area (Å²) < 4.78 is 32.2. The van der Waals surface area contributed by atoms with Crippen LogP contribution >= 0.6 is 0 Å². The number of alkyl halides is 2. The largest absolute Gasteiger partial charge is 0.492 e. The van der Waals surface area contributed by atoms with Crippen molar-refractivity contribution in [3.8, 4) is 0 Å². The van der Waals surface area contributed by atoms with Gasteiger partial charge in [-0.15, -0.1) is 0 Å². The summed E-state index contributed by atoms with van der Waals surface area (Å²) in [5.41, 5.74) is 1.01. The smallest absolute Gasteiger partial charge is 0.281 e. The Morgan fingerprint density at radius 1 is 1.45 bits per heavy atom. The van der Waals surface area contributed by atoms with Gasteiger partial charge < -0.3 is 9.84 Å². The van der Waals surface area contributed by atoms with Gasteiger partial charge in [-0.25, -0.2) is 8.78 Å². The number of ether oxygens (including phenoxy) is 1. The van der Waals surface area contributed by atoms with Gasteiger partial charge in [0.05, 0.1) is 11.9 Å². The molecule has 4 heteroatoms. The quantitative estimate of drug-likeness (QED) is 0.798. The van der Waals surface area contributed by atoms with E-state index in [0.717, 1.165) is 18.4 Å². The van der Waals surface area contributed by atoms with Crippen LogP contribution in [0.25, 0.3) is 0 Å². The third-order valence-electron chi connectivity index (χ3n) is 4.14. The second-order valence-electron chi connectivity index (χ2n) is 6.01. The summed E-state index contributed by atoms with van der Waals surface area (Å²) in [6, 6.07) is 0. The minimum atomic E-state index is -2.75. The highest BCUT2D eigenvalue weighted by Crippen LogP contribution is 2.49. The predicted molar refractivity (Wildman–Crippen MR) is 74.5 cm³/mol. The van der Waals surface area contributed by atoms with E-state index >= 15 is 0 Å². The molecule has 2 nitrogen and oxygen atoms in total. The fraction of sp³-hybridized carbons (Fsp3) is 0.750. The summed E-state index contributed by atoms with van der Waals surface area (Å²) in [6.45, 7) is 2.96. The van der Waals surface area contributed by atoms with Gasteiger partial charge in [0.1, 0.15) is 0 Å². The van der Waals surface area contributed by atoms with E-state index in [2.05, 4.69) is 0 Å². The molecule has 1 saturated carbocycles. The van der Waals surface area contributed by atoms with Crippen LogP contribution in [0.15, 0.2) is 23.5 Å². The molecular formula is C16H24F2O2. The van der Waals surface area contributed by atoms with Gasteiger partial charge in [0, 0.05) is 12.8 Å². The van der Waals surface area contributed by atoms with E-state index in [0.29, 0.717) is 30.4 Å². The van der Waals surface area contributed by atoms with Crippen molar-refractivity contribution < 1.29 is 18.6 Å². The maximum atomic E-state index is 13.4. The lowest BCUT2D eigenvalue weighted by Crippen LogP contribution is -2.23. The van der Waals surface area contributed by atoms with Crippen molar-refractivity contribution in [2.24, 2.45) is 11.8 Å². The average Bonchev–Trinajstić information content (AvgIpc) is 3.06. The lowest BCUT2D eigenvalue weighted by molar-refractivity contribution is -0.0676. The van der Waals surface area contributed by atoms with Crippen LogP contribution in [0.5, 0.6) is 0 Å².